The molecule has 0 spiro atoms. The lowest BCUT2D eigenvalue weighted by Crippen LogP contribution is -2.29. The molecule has 8 heteroatoms. The summed E-state index contributed by atoms with van der Waals surface area (Å²) in [5.74, 6) is -3.23. The van der Waals surface area contributed by atoms with Gasteiger partial charge in [-0.3, -0.25) is 10.1 Å². The monoisotopic (exact) mass is 249 g/mol. The van der Waals surface area contributed by atoms with E-state index >= 15 is 0 Å². The maximum atomic E-state index is 13.4. The van der Waals surface area contributed by atoms with Crippen molar-refractivity contribution in [1.82, 2.24) is 5.32 Å². The van der Waals surface area contributed by atoms with Crippen molar-refractivity contribution in [2.75, 3.05) is 21.3 Å². The van der Waals surface area contributed by atoms with Crippen molar-refractivity contribution in [2.45, 2.75) is 6.42 Å². The van der Waals surface area contributed by atoms with Gasteiger partial charge in [0.25, 0.3) is 0 Å². The molecule has 0 bridgehead atoms. The van der Waals surface area contributed by atoms with Gasteiger partial charge in [-0.15, -0.1) is 0 Å². The van der Waals surface area contributed by atoms with Crippen molar-refractivity contribution in [2.24, 2.45) is 0 Å². The molecule has 0 aliphatic rings. The summed E-state index contributed by atoms with van der Waals surface area (Å²) in [6.45, 7) is 0. The normalized spacial score (nSPS) is 11.1. The third-order valence-corrected chi connectivity index (χ3v) is 1.60. The molecule has 0 aromatic heterocycles. The fraction of sp³-hybridized carbons (Fsp3) is 0.444. The summed E-state index contributed by atoms with van der Waals surface area (Å²) in [6, 6.07) is 0. The van der Waals surface area contributed by atoms with Crippen molar-refractivity contribution in [1.29, 1.82) is 0 Å². The van der Waals surface area contributed by atoms with Gasteiger partial charge in [0.05, 0.1) is 27.8 Å². The van der Waals surface area contributed by atoms with Gasteiger partial charge in [0.2, 0.25) is 0 Å². The van der Waals surface area contributed by atoms with Gasteiger partial charge in [0.1, 0.15) is 5.83 Å². The summed E-state index contributed by atoms with van der Waals surface area (Å²) in [4.78, 5) is 32.8. The zero-order valence-corrected chi connectivity index (χ0v) is 9.53. The molecule has 0 saturated carbocycles. The van der Waals surface area contributed by atoms with Crippen LogP contribution in [0.15, 0.2) is 11.5 Å². The fourth-order valence-electron chi connectivity index (χ4n) is 0.772. The number of methoxy groups -OCH3 is 3. The Kier molecular flexibility index (Phi) is 6.30. The van der Waals surface area contributed by atoms with Gasteiger partial charge in [0.15, 0.2) is 5.70 Å². The molecule has 1 amide bonds. The lowest BCUT2D eigenvalue weighted by Gasteiger charge is -2.08. The Bertz CT molecular complexity index is 351. The molecule has 0 radical (unpaired) electrons. The molecular formula is C9H12FNO6. The van der Waals surface area contributed by atoms with Gasteiger partial charge in [-0.25, -0.2) is 14.0 Å². The highest BCUT2D eigenvalue weighted by atomic mass is 19.1. The zero-order chi connectivity index (χ0) is 13.4. The average Bonchev–Trinajstić information content (AvgIpc) is 2.33. The Morgan fingerprint density at radius 3 is 2.06 bits per heavy atom. The molecule has 0 aliphatic carbocycles. The molecule has 0 atom stereocenters. The second kappa shape index (κ2) is 7.20. The maximum Gasteiger partial charge on any atom is 0.411 e. The van der Waals surface area contributed by atoms with Crippen LogP contribution in [-0.4, -0.2) is 39.4 Å². The van der Waals surface area contributed by atoms with Crippen LogP contribution < -0.4 is 5.32 Å². The van der Waals surface area contributed by atoms with Gasteiger partial charge in [-0.05, 0) is 0 Å². The largest absolute Gasteiger partial charge is 0.469 e. The van der Waals surface area contributed by atoms with E-state index in [1.54, 1.807) is 0 Å². The Morgan fingerprint density at radius 1 is 1.06 bits per heavy atom. The summed E-state index contributed by atoms with van der Waals surface area (Å²) in [5, 5.41) is 1.81. The molecule has 0 saturated heterocycles. The molecule has 0 unspecified atom stereocenters. The van der Waals surface area contributed by atoms with Crippen LogP contribution in [0.1, 0.15) is 6.42 Å². The highest BCUT2D eigenvalue weighted by Gasteiger charge is 2.21. The third kappa shape index (κ3) is 4.96. The van der Waals surface area contributed by atoms with Crippen molar-refractivity contribution >= 4 is 18.0 Å². The molecule has 7 nitrogen and oxygen atoms in total. The van der Waals surface area contributed by atoms with Crippen molar-refractivity contribution in [3.63, 3.8) is 0 Å². The first kappa shape index (κ1) is 14.9. The number of hydrogen-bond donors (Lipinski definition) is 1. The predicted molar refractivity (Wildman–Crippen MR) is 52.3 cm³/mol. The highest BCUT2D eigenvalue weighted by Crippen LogP contribution is 2.11. The summed E-state index contributed by atoms with van der Waals surface area (Å²) in [6.07, 6.45) is -1.87. The number of carbonyl (C=O) groups is 3. The lowest BCUT2D eigenvalue weighted by atomic mass is 10.3. The number of amides is 1. The van der Waals surface area contributed by atoms with Crippen LogP contribution in [0, 0.1) is 0 Å². The molecular weight excluding hydrogens is 237 g/mol. The molecule has 0 aromatic carbocycles. The van der Waals surface area contributed by atoms with E-state index < -0.39 is 36.0 Å². The number of esters is 2. The van der Waals surface area contributed by atoms with Crippen molar-refractivity contribution in [3.05, 3.63) is 11.5 Å². The van der Waals surface area contributed by atoms with Crippen LogP contribution in [-0.2, 0) is 23.8 Å². The zero-order valence-electron chi connectivity index (χ0n) is 9.53. The van der Waals surface area contributed by atoms with E-state index in [4.69, 9.17) is 0 Å². The van der Waals surface area contributed by atoms with Gasteiger partial charge >= 0.3 is 18.0 Å². The topological polar surface area (TPSA) is 90.9 Å². The Balaban J connectivity index is 4.99. The molecule has 96 valence electrons. The molecule has 0 heterocycles. The van der Waals surface area contributed by atoms with E-state index in [0.717, 1.165) is 21.3 Å². The molecule has 0 fully saturated rings. The number of rotatable bonds is 4. The van der Waals surface area contributed by atoms with Gasteiger partial charge in [0, 0.05) is 0 Å². The van der Waals surface area contributed by atoms with Crippen LogP contribution >= 0.6 is 0 Å². The van der Waals surface area contributed by atoms with Gasteiger partial charge in [-0.2, -0.15) is 0 Å². The van der Waals surface area contributed by atoms with Crippen LogP contribution in [0.5, 0.6) is 0 Å². The number of halogens is 1. The molecule has 0 aromatic rings. The van der Waals surface area contributed by atoms with Crippen LogP contribution in [0.2, 0.25) is 0 Å². The first-order valence-corrected chi connectivity index (χ1v) is 4.35. The smallest absolute Gasteiger partial charge is 0.411 e. The lowest BCUT2D eigenvalue weighted by molar-refractivity contribution is -0.140. The minimum atomic E-state index is -1.19. The minimum Gasteiger partial charge on any atom is -0.469 e. The Labute approximate surface area is 96.5 Å². The second-order valence-electron chi connectivity index (χ2n) is 2.64. The Hall–Kier alpha value is -2.12. The number of alkyl carbamates (subject to hydrolysis) is 1. The maximum absolute atomic E-state index is 13.4. The van der Waals surface area contributed by atoms with E-state index in [1.165, 1.54) is 0 Å². The minimum absolute atomic E-state index is 0.801. The van der Waals surface area contributed by atoms with E-state index in [2.05, 4.69) is 14.2 Å². The number of ether oxygens (including phenoxy) is 3. The van der Waals surface area contributed by atoms with E-state index in [0.29, 0.717) is 0 Å². The van der Waals surface area contributed by atoms with E-state index in [9.17, 15) is 18.8 Å². The summed E-state index contributed by atoms with van der Waals surface area (Å²) >= 11 is 0. The molecule has 0 aliphatic heterocycles. The van der Waals surface area contributed by atoms with Crippen LogP contribution in [0.25, 0.3) is 0 Å². The fourth-order valence-corrected chi connectivity index (χ4v) is 0.772. The van der Waals surface area contributed by atoms with Gasteiger partial charge < -0.3 is 14.2 Å². The number of nitrogens with one attached hydrogen (secondary N) is 1. The van der Waals surface area contributed by atoms with Gasteiger partial charge in [-0.1, -0.05) is 0 Å². The average molecular weight is 249 g/mol. The standard InChI is InChI=1S/C9H12FNO6/c1-15-6(12)4-5(10)7(8(13)16-2)11-9(14)17-3/h4H2,1-3H3,(H,11,14)/b7-5-. The quantitative estimate of drug-likeness (QED) is 0.436. The van der Waals surface area contributed by atoms with Crippen LogP contribution in [0.3, 0.4) is 0 Å². The van der Waals surface area contributed by atoms with E-state index in [-0.39, 0.29) is 0 Å². The van der Waals surface area contributed by atoms with Crippen molar-refractivity contribution < 1.29 is 33.0 Å². The SMILES string of the molecule is COC(=O)C/C(F)=C(/NC(=O)OC)C(=O)OC. The Morgan fingerprint density at radius 2 is 1.65 bits per heavy atom. The molecule has 17 heavy (non-hydrogen) atoms. The molecule has 0 rings (SSSR count). The van der Waals surface area contributed by atoms with Crippen LogP contribution in [0.4, 0.5) is 9.18 Å². The van der Waals surface area contributed by atoms with Crippen molar-refractivity contribution in [3.8, 4) is 0 Å². The second-order valence-corrected chi connectivity index (χ2v) is 2.64. The first-order chi connectivity index (χ1) is 7.96. The summed E-state index contributed by atoms with van der Waals surface area (Å²) in [5.41, 5.74) is -0.801. The summed E-state index contributed by atoms with van der Waals surface area (Å²) < 4.78 is 26.1. The highest BCUT2D eigenvalue weighted by molar-refractivity contribution is 5.93. The first-order valence-electron chi connectivity index (χ1n) is 4.35. The number of hydrogen-bond acceptors (Lipinski definition) is 6. The number of carbonyl (C=O) groups excluding carboxylic acids is 3. The predicted octanol–water partition coefficient (Wildman–Crippen LogP) is 0.260. The summed E-state index contributed by atoms with van der Waals surface area (Å²) in [7, 11) is 3.08. The van der Waals surface area contributed by atoms with E-state index in [1.807, 2.05) is 5.32 Å². The molecule has 1 N–H and O–H groups in total. The third-order valence-electron chi connectivity index (χ3n) is 1.60.